The third kappa shape index (κ3) is 3.16. The third-order valence-electron chi connectivity index (χ3n) is 6.07. The highest BCUT2D eigenvalue weighted by Crippen LogP contribution is 2.48. The number of alkyl halides is 2. The fourth-order valence-corrected chi connectivity index (χ4v) is 4.29. The fraction of sp³-hybridized carbons (Fsp3) is 0.579. The molecule has 1 spiro atoms. The second kappa shape index (κ2) is 6.44. The van der Waals surface area contributed by atoms with Gasteiger partial charge in [0.05, 0.1) is 13.2 Å². The highest BCUT2D eigenvalue weighted by molar-refractivity contribution is 5.81. The van der Waals surface area contributed by atoms with E-state index in [2.05, 4.69) is 0 Å². The van der Waals surface area contributed by atoms with Crippen molar-refractivity contribution < 1.29 is 28.2 Å². The van der Waals surface area contributed by atoms with Crippen LogP contribution in [0.2, 0.25) is 0 Å². The van der Waals surface area contributed by atoms with Crippen molar-refractivity contribution in [2.45, 2.75) is 30.3 Å². The Morgan fingerprint density at radius 1 is 1.15 bits per heavy atom. The Hall–Kier alpha value is -2.22. The number of nitrogens with zero attached hydrogens (tertiary/aromatic N) is 2. The summed E-state index contributed by atoms with van der Waals surface area (Å²) < 4.78 is 33.8. The Balaban J connectivity index is 1.55. The van der Waals surface area contributed by atoms with Gasteiger partial charge in [0.25, 0.3) is 5.92 Å². The molecule has 146 valence electrons. The maximum absolute atomic E-state index is 14.4. The molecule has 1 unspecified atom stereocenters. The molecule has 0 aromatic heterocycles. The van der Waals surface area contributed by atoms with E-state index < -0.39 is 30.1 Å². The normalized spacial score (nSPS) is 32.4. The molecule has 1 aromatic rings. The first-order valence-corrected chi connectivity index (χ1v) is 9.16. The summed E-state index contributed by atoms with van der Waals surface area (Å²) in [6, 6.07) is 9.22. The van der Waals surface area contributed by atoms with Crippen LogP contribution < -0.4 is 0 Å². The van der Waals surface area contributed by atoms with Crippen LogP contribution in [0.3, 0.4) is 0 Å². The van der Waals surface area contributed by atoms with Crippen LogP contribution in [0.25, 0.3) is 0 Å². The van der Waals surface area contributed by atoms with Crippen LogP contribution in [0.5, 0.6) is 0 Å². The average Bonchev–Trinajstić information content (AvgIpc) is 3.45. The summed E-state index contributed by atoms with van der Waals surface area (Å²) in [4.78, 5) is 27.0. The number of piperidine rings is 2. The summed E-state index contributed by atoms with van der Waals surface area (Å²) in [5.41, 5.74) is -0.525. The monoisotopic (exact) mass is 380 g/mol. The third-order valence-corrected chi connectivity index (χ3v) is 6.07. The molecule has 2 amide bonds. The molecule has 3 atom stereocenters. The van der Waals surface area contributed by atoms with Crippen molar-refractivity contribution in [3.63, 3.8) is 0 Å². The highest BCUT2D eigenvalue weighted by atomic mass is 19.3. The average molecular weight is 380 g/mol. The fourth-order valence-electron chi connectivity index (χ4n) is 4.29. The van der Waals surface area contributed by atoms with Gasteiger partial charge in [-0.25, -0.2) is 13.6 Å². The Bertz CT molecular complexity index is 738. The number of amides is 2. The number of halogens is 2. The molecule has 6 nitrogen and oxygen atoms in total. The van der Waals surface area contributed by atoms with E-state index in [1.54, 1.807) is 0 Å². The zero-order valence-electron chi connectivity index (χ0n) is 14.8. The van der Waals surface area contributed by atoms with Crippen molar-refractivity contribution in [1.29, 1.82) is 0 Å². The number of hydrogen-bond donors (Lipinski definition) is 1. The van der Waals surface area contributed by atoms with E-state index in [4.69, 9.17) is 4.74 Å². The maximum Gasteiger partial charge on any atom is 0.407 e. The first-order valence-electron chi connectivity index (χ1n) is 9.16. The van der Waals surface area contributed by atoms with E-state index in [9.17, 15) is 23.5 Å². The highest BCUT2D eigenvalue weighted by Gasteiger charge is 2.67. The topological polar surface area (TPSA) is 73.4 Å². The van der Waals surface area contributed by atoms with Gasteiger partial charge in [0.1, 0.15) is 0 Å². The van der Waals surface area contributed by atoms with Crippen LogP contribution in [-0.4, -0.2) is 71.2 Å². The smallest absolute Gasteiger partial charge is 0.407 e. The summed E-state index contributed by atoms with van der Waals surface area (Å²) in [7, 11) is 0. The summed E-state index contributed by atoms with van der Waals surface area (Å²) >= 11 is 0. The Kier molecular flexibility index (Phi) is 4.33. The lowest BCUT2D eigenvalue weighted by Crippen LogP contribution is -2.58. The number of epoxide rings is 1. The second-order valence-electron chi connectivity index (χ2n) is 7.64. The molecular formula is C19H22F2N2O4. The van der Waals surface area contributed by atoms with Crippen molar-refractivity contribution in [2.75, 3.05) is 32.8 Å². The SMILES string of the molecule is O=C(O)N1CC[C@@H](C(=O)N2CCC3(CO3)C(F)(F)C2)[C@H](c2ccccc2)C1. The number of hydrogen-bond acceptors (Lipinski definition) is 3. The van der Waals surface area contributed by atoms with Gasteiger partial charge in [-0.05, 0) is 12.0 Å². The molecule has 1 aromatic carbocycles. The van der Waals surface area contributed by atoms with Gasteiger partial charge in [-0.15, -0.1) is 0 Å². The summed E-state index contributed by atoms with van der Waals surface area (Å²) in [6.07, 6.45) is -0.566. The molecule has 3 saturated heterocycles. The van der Waals surface area contributed by atoms with Crippen molar-refractivity contribution in [3.8, 4) is 0 Å². The van der Waals surface area contributed by atoms with Gasteiger partial charge >= 0.3 is 6.09 Å². The number of rotatable bonds is 2. The van der Waals surface area contributed by atoms with Crippen LogP contribution >= 0.6 is 0 Å². The predicted molar refractivity (Wildman–Crippen MR) is 91.7 cm³/mol. The molecule has 0 radical (unpaired) electrons. The van der Waals surface area contributed by atoms with E-state index >= 15 is 0 Å². The van der Waals surface area contributed by atoms with Gasteiger partial charge in [0.15, 0.2) is 5.60 Å². The summed E-state index contributed by atoms with van der Waals surface area (Å²) in [5, 5.41) is 9.33. The maximum atomic E-state index is 14.4. The van der Waals surface area contributed by atoms with Crippen LogP contribution in [-0.2, 0) is 9.53 Å². The molecule has 1 N–H and O–H groups in total. The van der Waals surface area contributed by atoms with E-state index in [1.165, 1.54) is 9.80 Å². The van der Waals surface area contributed by atoms with Crippen LogP contribution in [0.4, 0.5) is 13.6 Å². The van der Waals surface area contributed by atoms with Crippen LogP contribution in [0, 0.1) is 5.92 Å². The Labute approximate surface area is 155 Å². The van der Waals surface area contributed by atoms with Gasteiger partial charge < -0.3 is 19.6 Å². The van der Waals surface area contributed by atoms with E-state index in [1.807, 2.05) is 30.3 Å². The van der Waals surface area contributed by atoms with Gasteiger partial charge in [0, 0.05) is 37.9 Å². The zero-order valence-corrected chi connectivity index (χ0v) is 14.8. The Morgan fingerprint density at radius 3 is 2.44 bits per heavy atom. The van der Waals surface area contributed by atoms with Crippen LogP contribution in [0.1, 0.15) is 24.3 Å². The molecule has 0 aliphatic carbocycles. The summed E-state index contributed by atoms with van der Waals surface area (Å²) in [5.74, 6) is -4.22. The minimum atomic E-state index is -3.05. The van der Waals surface area contributed by atoms with Crippen molar-refractivity contribution in [1.82, 2.24) is 9.80 Å². The van der Waals surface area contributed by atoms with E-state index in [-0.39, 0.29) is 44.5 Å². The predicted octanol–water partition coefficient (Wildman–Crippen LogP) is 2.41. The lowest BCUT2D eigenvalue weighted by Gasteiger charge is -2.42. The number of likely N-dealkylation sites (tertiary alicyclic amines) is 2. The van der Waals surface area contributed by atoms with Crippen molar-refractivity contribution >= 4 is 12.0 Å². The molecular weight excluding hydrogens is 358 g/mol. The second-order valence-corrected chi connectivity index (χ2v) is 7.64. The molecule has 4 rings (SSSR count). The van der Waals surface area contributed by atoms with Gasteiger partial charge in [-0.2, -0.15) is 0 Å². The minimum absolute atomic E-state index is 0.0473. The molecule has 0 bridgehead atoms. The van der Waals surface area contributed by atoms with Crippen molar-refractivity contribution in [2.24, 2.45) is 5.92 Å². The first-order chi connectivity index (χ1) is 12.8. The number of benzene rings is 1. The lowest BCUT2D eigenvalue weighted by molar-refractivity contribution is -0.159. The van der Waals surface area contributed by atoms with Gasteiger partial charge in [-0.1, -0.05) is 30.3 Å². The van der Waals surface area contributed by atoms with Crippen molar-refractivity contribution in [3.05, 3.63) is 35.9 Å². The lowest BCUT2D eigenvalue weighted by atomic mass is 9.79. The van der Waals surface area contributed by atoms with Gasteiger partial charge in [-0.3, -0.25) is 4.79 Å². The number of carbonyl (C=O) groups excluding carboxylic acids is 1. The van der Waals surface area contributed by atoms with Gasteiger partial charge in [0.2, 0.25) is 5.91 Å². The standard InChI is InChI=1S/C19H22F2N2O4/c20-19(21)11-23(9-7-18(19)12-27-18)16(24)14-6-8-22(17(25)26)10-15(14)13-4-2-1-3-5-13/h1-5,14-15H,6-12H2,(H,25,26)/t14-,15+,18?/m1/s1. The molecule has 3 aliphatic rings. The molecule has 3 heterocycles. The minimum Gasteiger partial charge on any atom is -0.465 e. The van der Waals surface area contributed by atoms with E-state index in [0.29, 0.717) is 6.42 Å². The van der Waals surface area contributed by atoms with Crippen LogP contribution in [0.15, 0.2) is 30.3 Å². The molecule has 3 fully saturated rings. The molecule has 8 heteroatoms. The van der Waals surface area contributed by atoms with E-state index in [0.717, 1.165) is 5.56 Å². The first kappa shape index (κ1) is 18.2. The molecule has 3 aliphatic heterocycles. The number of ether oxygens (including phenoxy) is 1. The largest absolute Gasteiger partial charge is 0.465 e. The Morgan fingerprint density at radius 2 is 1.85 bits per heavy atom. The zero-order chi connectivity index (χ0) is 19.2. The molecule has 27 heavy (non-hydrogen) atoms. The summed E-state index contributed by atoms with van der Waals surface area (Å²) in [6.45, 7) is 0.0760. The number of carbonyl (C=O) groups is 2. The molecule has 0 saturated carbocycles. The number of carboxylic acid groups (broad SMARTS) is 1. The quantitative estimate of drug-likeness (QED) is 0.800.